The molecular formula is C18H42O4Si2. The van der Waals surface area contributed by atoms with E-state index < -0.39 is 17.1 Å². The van der Waals surface area contributed by atoms with Crippen molar-refractivity contribution in [3.63, 3.8) is 0 Å². The van der Waals surface area contributed by atoms with Gasteiger partial charge in [0, 0.05) is 31.6 Å². The van der Waals surface area contributed by atoms with E-state index >= 15 is 0 Å². The van der Waals surface area contributed by atoms with E-state index in [0.29, 0.717) is 0 Å². The van der Waals surface area contributed by atoms with Crippen LogP contribution in [0.5, 0.6) is 0 Å². The highest BCUT2D eigenvalue weighted by molar-refractivity contribution is 6.88. The molecule has 0 bridgehead atoms. The second-order valence-corrected chi connectivity index (χ2v) is 14.6. The molecule has 0 rings (SSSR count). The summed E-state index contributed by atoms with van der Waals surface area (Å²) >= 11 is 0. The van der Waals surface area contributed by atoms with Crippen molar-refractivity contribution in [3.05, 3.63) is 0 Å². The minimum Gasteiger partial charge on any atom is -0.394 e. The fourth-order valence-electron chi connectivity index (χ4n) is 3.04. The van der Waals surface area contributed by atoms with Crippen molar-refractivity contribution in [3.8, 4) is 0 Å². The Hall–Kier alpha value is 0.274. The Balaban J connectivity index is 5.59. The first-order valence-corrected chi connectivity index (χ1v) is 14.3. The van der Waals surface area contributed by atoms with Gasteiger partial charge in [0.15, 0.2) is 0 Å². The molecule has 0 aromatic carbocycles. The largest absolute Gasteiger partial charge is 0.394 e. The standard InChI is InChI=1S/C18H42O4Si2/c1-8-14-19-23(12-5,20-15-9-2)18(7)24(13-6,21-16-10-3)22-17-11-4/h18H,8-17H2,1-7H3. The lowest BCUT2D eigenvalue weighted by molar-refractivity contribution is 0.137. The summed E-state index contributed by atoms with van der Waals surface area (Å²) < 4.78 is 25.8. The summed E-state index contributed by atoms with van der Waals surface area (Å²) in [5, 5.41) is 0.260. The molecule has 0 radical (unpaired) electrons. The van der Waals surface area contributed by atoms with Gasteiger partial charge in [0.1, 0.15) is 0 Å². The van der Waals surface area contributed by atoms with Gasteiger partial charge in [0.25, 0.3) is 0 Å². The average molecular weight is 379 g/mol. The zero-order chi connectivity index (χ0) is 18.5. The third kappa shape index (κ3) is 6.88. The summed E-state index contributed by atoms with van der Waals surface area (Å²) in [5.74, 6) is 0. The van der Waals surface area contributed by atoms with E-state index in [1.165, 1.54) is 0 Å². The molecule has 4 nitrogen and oxygen atoms in total. The molecule has 0 heterocycles. The van der Waals surface area contributed by atoms with Crippen LogP contribution in [0.4, 0.5) is 0 Å². The highest BCUT2D eigenvalue weighted by Crippen LogP contribution is 2.39. The summed E-state index contributed by atoms with van der Waals surface area (Å²) in [6, 6.07) is 1.90. The summed E-state index contributed by atoms with van der Waals surface area (Å²) in [6.07, 6.45) is 4.07. The second-order valence-electron chi connectivity index (χ2n) is 6.45. The Morgan fingerprint density at radius 3 is 0.958 bits per heavy atom. The first-order chi connectivity index (χ1) is 11.5. The van der Waals surface area contributed by atoms with Crippen molar-refractivity contribution in [2.24, 2.45) is 0 Å². The van der Waals surface area contributed by atoms with Gasteiger partial charge in [-0.3, -0.25) is 0 Å². The second kappa shape index (κ2) is 13.5. The van der Waals surface area contributed by atoms with Crippen LogP contribution in [0.2, 0.25) is 17.3 Å². The molecule has 0 N–H and O–H groups in total. The van der Waals surface area contributed by atoms with Crippen LogP contribution < -0.4 is 0 Å². The number of hydrogen-bond acceptors (Lipinski definition) is 4. The maximum absolute atomic E-state index is 6.45. The highest BCUT2D eigenvalue weighted by Gasteiger charge is 2.56. The van der Waals surface area contributed by atoms with Crippen molar-refractivity contribution in [2.75, 3.05) is 26.4 Å². The van der Waals surface area contributed by atoms with Crippen molar-refractivity contribution in [1.82, 2.24) is 0 Å². The minimum atomic E-state index is -2.36. The molecule has 6 heteroatoms. The van der Waals surface area contributed by atoms with Gasteiger partial charge < -0.3 is 17.7 Å². The molecule has 146 valence electrons. The summed E-state index contributed by atoms with van der Waals surface area (Å²) in [7, 11) is -4.72. The molecule has 24 heavy (non-hydrogen) atoms. The van der Waals surface area contributed by atoms with E-state index in [-0.39, 0.29) is 5.16 Å². The van der Waals surface area contributed by atoms with Crippen LogP contribution in [-0.2, 0) is 17.7 Å². The van der Waals surface area contributed by atoms with Gasteiger partial charge in [0.05, 0.1) is 0 Å². The summed E-state index contributed by atoms with van der Waals surface area (Å²) in [6.45, 7) is 18.4. The predicted octanol–water partition coefficient (Wildman–Crippen LogP) is 5.55. The Kier molecular flexibility index (Phi) is 13.6. The van der Waals surface area contributed by atoms with E-state index in [0.717, 1.165) is 64.2 Å². The van der Waals surface area contributed by atoms with E-state index in [2.05, 4.69) is 48.5 Å². The van der Waals surface area contributed by atoms with Gasteiger partial charge in [-0.05, 0) is 37.8 Å². The number of rotatable bonds is 16. The lowest BCUT2D eigenvalue weighted by Gasteiger charge is -2.43. The molecule has 0 atom stereocenters. The van der Waals surface area contributed by atoms with Gasteiger partial charge in [-0.15, -0.1) is 0 Å². The first-order valence-electron chi connectivity index (χ1n) is 10.1. The Bertz CT molecular complexity index is 259. The SMILES string of the molecule is CCCO[Si](CC)(OCCC)C(C)[Si](CC)(OCCC)OCCC. The minimum absolute atomic E-state index is 0.260. The Labute approximate surface area is 153 Å². The average Bonchev–Trinajstić information content (AvgIpc) is 2.62. The molecule has 0 aromatic rings. The number of hydrogen-bond donors (Lipinski definition) is 0. The molecule has 0 aliphatic rings. The van der Waals surface area contributed by atoms with E-state index in [4.69, 9.17) is 17.7 Å². The molecule has 0 fully saturated rings. The Morgan fingerprint density at radius 2 is 0.792 bits per heavy atom. The van der Waals surface area contributed by atoms with Crippen LogP contribution in [0, 0.1) is 0 Å². The third-order valence-electron chi connectivity index (χ3n) is 4.51. The van der Waals surface area contributed by atoms with Crippen molar-refractivity contribution in [1.29, 1.82) is 0 Å². The summed E-state index contributed by atoms with van der Waals surface area (Å²) in [4.78, 5) is 0. The van der Waals surface area contributed by atoms with Gasteiger partial charge in [-0.2, -0.15) is 0 Å². The first kappa shape index (κ1) is 24.3. The zero-order valence-electron chi connectivity index (χ0n) is 17.3. The maximum Gasteiger partial charge on any atom is 0.342 e. The molecule has 0 spiro atoms. The molecular weight excluding hydrogens is 336 g/mol. The monoisotopic (exact) mass is 378 g/mol. The van der Waals surface area contributed by atoms with Gasteiger partial charge in [0.2, 0.25) is 0 Å². The van der Waals surface area contributed by atoms with Gasteiger partial charge in [-0.1, -0.05) is 48.5 Å². The molecule has 0 saturated carbocycles. The molecule has 0 saturated heterocycles. The van der Waals surface area contributed by atoms with Crippen LogP contribution in [0.15, 0.2) is 0 Å². The summed E-state index contributed by atoms with van der Waals surface area (Å²) in [5.41, 5.74) is 0. The third-order valence-corrected chi connectivity index (χ3v) is 14.5. The van der Waals surface area contributed by atoms with Crippen molar-refractivity contribution in [2.45, 2.75) is 91.4 Å². The lowest BCUT2D eigenvalue weighted by Crippen LogP contribution is -2.60. The van der Waals surface area contributed by atoms with Crippen LogP contribution in [0.25, 0.3) is 0 Å². The fourth-order valence-corrected chi connectivity index (χ4v) is 13.4. The zero-order valence-corrected chi connectivity index (χ0v) is 19.3. The topological polar surface area (TPSA) is 36.9 Å². The smallest absolute Gasteiger partial charge is 0.342 e. The van der Waals surface area contributed by atoms with Crippen LogP contribution in [0.1, 0.15) is 74.1 Å². The maximum atomic E-state index is 6.45. The quantitative estimate of drug-likeness (QED) is 0.330. The molecule has 0 aliphatic heterocycles. The predicted molar refractivity (Wildman–Crippen MR) is 107 cm³/mol. The van der Waals surface area contributed by atoms with Gasteiger partial charge in [-0.25, -0.2) is 0 Å². The molecule has 0 aromatic heterocycles. The molecule has 0 amide bonds. The van der Waals surface area contributed by atoms with E-state index in [9.17, 15) is 0 Å². The van der Waals surface area contributed by atoms with Crippen LogP contribution in [0.3, 0.4) is 0 Å². The van der Waals surface area contributed by atoms with Crippen LogP contribution >= 0.6 is 0 Å². The normalized spacial score (nSPS) is 13.0. The Morgan fingerprint density at radius 1 is 0.542 bits per heavy atom. The van der Waals surface area contributed by atoms with Crippen molar-refractivity contribution < 1.29 is 17.7 Å². The van der Waals surface area contributed by atoms with Crippen LogP contribution in [-0.4, -0.2) is 43.5 Å². The molecule has 0 aliphatic carbocycles. The fraction of sp³-hybridized carbons (Fsp3) is 1.00. The van der Waals surface area contributed by atoms with Gasteiger partial charge >= 0.3 is 17.1 Å². The van der Waals surface area contributed by atoms with E-state index in [1.54, 1.807) is 0 Å². The van der Waals surface area contributed by atoms with E-state index in [1.807, 2.05) is 0 Å². The lowest BCUT2D eigenvalue weighted by atomic mass is 10.5. The molecule has 0 unspecified atom stereocenters. The van der Waals surface area contributed by atoms with Crippen molar-refractivity contribution >= 4 is 17.1 Å². The highest BCUT2D eigenvalue weighted by atomic mass is 28.4.